The average Bonchev–Trinajstić information content (AvgIpc) is 3.26. The molecular formula is C32H35ClFN5O2. The van der Waals surface area contributed by atoms with Gasteiger partial charge < -0.3 is 14.6 Å². The van der Waals surface area contributed by atoms with Crippen molar-refractivity contribution in [2.75, 3.05) is 24.5 Å². The Balaban J connectivity index is 1.32. The Labute approximate surface area is 244 Å². The second kappa shape index (κ2) is 11.0. The number of halogens is 2. The minimum Gasteiger partial charge on any atom is -0.507 e. The third-order valence-electron chi connectivity index (χ3n) is 8.37. The van der Waals surface area contributed by atoms with Gasteiger partial charge in [0.25, 0.3) is 0 Å². The van der Waals surface area contributed by atoms with Gasteiger partial charge in [0.15, 0.2) is 0 Å². The van der Waals surface area contributed by atoms with E-state index in [1.165, 1.54) is 40.5 Å². The highest BCUT2D eigenvalue weighted by molar-refractivity contribution is 6.32. The molecule has 4 aromatic rings. The zero-order valence-electron chi connectivity index (χ0n) is 23.6. The van der Waals surface area contributed by atoms with Crippen molar-refractivity contribution >= 4 is 17.4 Å². The Kier molecular flexibility index (Phi) is 7.38. The highest BCUT2D eigenvalue weighted by atomic mass is 35.5. The van der Waals surface area contributed by atoms with Crippen molar-refractivity contribution in [2.24, 2.45) is 13.0 Å². The van der Waals surface area contributed by atoms with Gasteiger partial charge in [-0.05, 0) is 66.3 Å². The van der Waals surface area contributed by atoms with E-state index in [1.807, 2.05) is 6.07 Å². The molecule has 4 heterocycles. The molecule has 6 rings (SSSR count). The van der Waals surface area contributed by atoms with Crippen LogP contribution in [0.3, 0.4) is 0 Å². The maximum absolute atomic E-state index is 15.0. The van der Waals surface area contributed by atoms with Crippen LogP contribution in [0.2, 0.25) is 5.02 Å². The summed E-state index contributed by atoms with van der Waals surface area (Å²) in [6, 6.07) is 12.5. The molecule has 2 atom stereocenters. The molecule has 2 saturated heterocycles. The maximum Gasteiger partial charge on any atom is 0.332 e. The molecule has 1 N–H and O–H groups in total. The number of nitrogens with zero attached hydrogens (tertiary/aromatic N) is 5. The number of rotatable bonds is 6. The first kappa shape index (κ1) is 27.5. The predicted molar refractivity (Wildman–Crippen MR) is 161 cm³/mol. The van der Waals surface area contributed by atoms with Crippen LogP contribution in [0, 0.1) is 11.7 Å². The zero-order chi connectivity index (χ0) is 28.8. The van der Waals surface area contributed by atoms with Crippen LogP contribution < -0.4 is 10.6 Å². The van der Waals surface area contributed by atoms with Gasteiger partial charge in [-0.15, -0.1) is 0 Å². The molecule has 2 aromatic heterocycles. The van der Waals surface area contributed by atoms with Gasteiger partial charge in [-0.1, -0.05) is 37.9 Å². The van der Waals surface area contributed by atoms with Crippen molar-refractivity contribution in [3.63, 3.8) is 0 Å². The number of anilines is 1. The second-order valence-corrected chi connectivity index (χ2v) is 12.1. The molecule has 2 fully saturated rings. The quantitative estimate of drug-likeness (QED) is 0.301. The van der Waals surface area contributed by atoms with Crippen LogP contribution in [0.5, 0.6) is 5.75 Å². The monoisotopic (exact) mass is 575 g/mol. The molecule has 2 unspecified atom stereocenters. The lowest BCUT2D eigenvalue weighted by molar-refractivity contribution is 0.0543. The maximum atomic E-state index is 15.0. The highest BCUT2D eigenvalue weighted by Gasteiger charge is 2.37. The number of piperazine rings is 1. The van der Waals surface area contributed by atoms with Gasteiger partial charge in [-0.2, -0.15) is 0 Å². The topological polar surface area (TPSA) is 66.5 Å². The van der Waals surface area contributed by atoms with Crippen LogP contribution in [-0.4, -0.2) is 55.8 Å². The summed E-state index contributed by atoms with van der Waals surface area (Å²) in [5, 5.41) is 11.7. The summed E-state index contributed by atoms with van der Waals surface area (Å²) in [4.78, 5) is 22.1. The van der Waals surface area contributed by atoms with E-state index in [0.717, 1.165) is 25.5 Å². The molecule has 2 bridgehead atoms. The number of aromatic nitrogens is 3. The van der Waals surface area contributed by atoms with Crippen molar-refractivity contribution in [1.29, 1.82) is 0 Å². The summed E-state index contributed by atoms with van der Waals surface area (Å²) in [7, 11) is 1.66. The average molecular weight is 576 g/mol. The molecule has 0 aliphatic carbocycles. The SMILES string of the molecule is CC(C)CN1C2CCCC1CN(c1cc(-c3cc(F)cc(-c4ccc(-n5ccn(C)c5=O)c(Cl)c4)c3O)ccn1)C2. The van der Waals surface area contributed by atoms with Crippen LogP contribution in [0.15, 0.2) is 65.8 Å². The van der Waals surface area contributed by atoms with Crippen LogP contribution in [0.4, 0.5) is 10.2 Å². The standard InChI is InChI=1S/C32H35ClFN5O2/c1-20(2)17-39-24-5-4-6-25(39)19-37(18-24)30-14-22(9-10-35-30)27-16-23(34)15-26(31(27)40)21-7-8-29(28(33)13-21)38-12-11-36(3)32(38)41/h7-16,20,24-25,40H,4-6,17-19H2,1-3H3. The second-order valence-electron chi connectivity index (χ2n) is 11.7. The largest absolute Gasteiger partial charge is 0.507 e. The summed E-state index contributed by atoms with van der Waals surface area (Å²) in [6.07, 6.45) is 8.66. The minimum absolute atomic E-state index is 0.0390. The number of hydrogen-bond acceptors (Lipinski definition) is 5. The third kappa shape index (κ3) is 5.26. The highest BCUT2D eigenvalue weighted by Crippen LogP contribution is 2.41. The Morgan fingerprint density at radius 3 is 2.32 bits per heavy atom. The molecule has 2 aliphatic heterocycles. The molecule has 9 heteroatoms. The van der Waals surface area contributed by atoms with E-state index in [-0.39, 0.29) is 11.4 Å². The van der Waals surface area contributed by atoms with E-state index >= 15 is 4.39 Å². The lowest BCUT2D eigenvalue weighted by Gasteiger charge is -2.51. The Bertz CT molecular complexity index is 1630. The first-order valence-corrected chi connectivity index (χ1v) is 14.6. The number of piperidine rings is 1. The van der Waals surface area contributed by atoms with E-state index in [9.17, 15) is 9.90 Å². The van der Waals surface area contributed by atoms with E-state index in [2.05, 4.69) is 28.6 Å². The number of aryl methyl sites for hydroxylation is 1. The third-order valence-corrected chi connectivity index (χ3v) is 8.67. The van der Waals surface area contributed by atoms with E-state index in [1.54, 1.807) is 49.9 Å². The number of hydrogen-bond donors (Lipinski definition) is 1. The Morgan fingerprint density at radius 2 is 1.71 bits per heavy atom. The van der Waals surface area contributed by atoms with Gasteiger partial charge in [0.2, 0.25) is 0 Å². The molecular weight excluding hydrogens is 541 g/mol. The fourth-order valence-corrected chi connectivity index (χ4v) is 6.69. The molecule has 0 amide bonds. The van der Waals surface area contributed by atoms with Crippen molar-refractivity contribution in [1.82, 2.24) is 19.0 Å². The fraction of sp³-hybridized carbons (Fsp3) is 0.375. The Morgan fingerprint density at radius 1 is 1.02 bits per heavy atom. The number of fused-ring (bicyclic) bond motifs is 2. The number of imidazole rings is 1. The number of pyridine rings is 1. The van der Waals surface area contributed by atoms with Crippen LogP contribution >= 0.6 is 11.6 Å². The molecule has 214 valence electrons. The van der Waals surface area contributed by atoms with E-state index in [0.29, 0.717) is 51.0 Å². The molecule has 2 aromatic carbocycles. The normalized spacial score (nSPS) is 19.2. The zero-order valence-corrected chi connectivity index (χ0v) is 24.4. The molecule has 41 heavy (non-hydrogen) atoms. The van der Waals surface area contributed by atoms with Gasteiger partial charge >= 0.3 is 5.69 Å². The van der Waals surface area contributed by atoms with Gasteiger partial charge in [0, 0.05) is 68.5 Å². The summed E-state index contributed by atoms with van der Waals surface area (Å²) in [5.74, 6) is 0.962. The Hall–Kier alpha value is -3.62. The van der Waals surface area contributed by atoms with Crippen LogP contribution in [-0.2, 0) is 7.05 Å². The first-order chi connectivity index (χ1) is 19.7. The summed E-state index contributed by atoms with van der Waals surface area (Å²) in [6.45, 7) is 7.49. The number of benzene rings is 2. The minimum atomic E-state index is -0.470. The molecule has 7 nitrogen and oxygen atoms in total. The fourth-order valence-electron chi connectivity index (χ4n) is 6.42. The predicted octanol–water partition coefficient (Wildman–Crippen LogP) is 6.10. The number of phenolic OH excluding ortho intramolecular Hbond substituents is 1. The van der Waals surface area contributed by atoms with Gasteiger partial charge in [0.05, 0.1) is 10.7 Å². The van der Waals surface area contributed by atoms with Crippen molar-refractivity contribution in [2.45, 2.75) is 45.2 Å². The number of aromatic hydroxyl groups is 1. The van der Waals surface area contributed by atoms with Gasteiger partial charge in [-0.3, -0.25) is 9.47 Å². The van der Waals surface area contributed by atoms with Gasteiger partial charge in [0.1, 0.15) is 17.4 Å². The van der Waals surface area contributed by atoms with Crippen molar-refractivity contribution in [3.05, 3.63) is 82.4 Å². The van der Waals surface area contributed by atoms with Crippen LogP contribution in [0.25, 0.3) is 27.9 Å². The van der Waals surface area contributed by atoms with E-state index in [4.69, 9.17) is 11.6 Å². The molecule has 0 radical (unpaired) electrons. The lowest BCUT2D eigenvalue weighted by atomic mass is 9.90. The summed E-state index contributed by atoms with van der Waals surface area (Å²) < 4.78 is 17.9. The van der Waals surface area contributed by atoms with Crippen molar-refractivity contribution < 1.29 is 9.50 Å². The molecule has 2 aliphatic rings. The van der Waals surface area contributed by atoms with Crippen molar-refractivity contribution in [3.8, 4) is 33.7 Å². The summed E-state index contributed by atoms with van der Waals surface area (Å²) >= 11 is 6.57. The molecule has 0 spiro atoms. The van der Waals surface area contributed by atoms with Gasteiger partial charge in [-0.25, -0.2) is 14.2 Å². The summed E-state index contributed by atoms with van der Waals surface area (Å²) in [5.41, 5.74) is 2.24. The van der Waals surface area contributed by atoms with E-state index < -0.39 is 5.82 Å². The number of phenols is 1. The first-order valence-electron chi connectivity index (χ1n) is 14.2. The smallest absolute Gasteiger partial charge is 0.332 e. The van der Waals surface area contributed by atoms with Crippen LogP contribution in [0.1, 0.15) is 33.1 Å². The molecule has 0 saturated carbocycles. The lowest BCUT2D eigenvalue weighted by Crippen LogP contribution is -2.61.